The first-order valence-electron chi connectivity index (χ1n) is 6.58. The van der Waals surface area contributed by atoms with Gasteiger partial charge in [-0.15, -0.1) is 0 Å². The first-order valence-corrected chi connectivity index (χ1v) is 7.33. The molecule has 0 spiro atoms. The Morgan fingerprint density at radius 2 is 1.91 bits per heavy atom. The summed E-state index contributed by atoms with van der Waals surface area (Å²) in [6.07, 6.45) is 0. The molecule has 0 aliphatic carbocycles. The van der Waals surface area contributed by atoms with E-state index in [0.29, 0.717) is 0 Å². The normalized spacial score (nSPS) is 11.7. The number of benzene rings is 1. The summed E-state index contributed by atoms with van der Waals surface area (Å²) in [5.74, 6) is -3.18. The highest BCUT2D eigenvalue weighted by Crippen LogP contribution is 2.25. The Kier molecular flexibility index (Phi) is 6.78. The zero-order chi connectivity index (χ0) is 17.7. The van der Waals surface area contributed by atoms with Crippen molar-refractivity contribution in [3.63, 3.8) is 0 Å². The quantitative estimate of drug-likeness (QED) is 0.757. The highest BCUT2D eigenvalue weighted by Gasteiger charge is 2.28. The first kappa shape index (κ1) is 19.2. The third-order valence-electron chi connectivity index (χ3n) is 3.05. The number of carboxylic acid groups (broad SMARTS) is 1. The van der Waals surface area contributed by atoms with Gasteiger partial charge in [-0.25, -0.2) is 9.18 Å². The average molecular weight is 365 g/mol. The second-order valence-electron chi connectivity index (χ2n) is 4.74. The molecule has 0 heterocycles. The number of carboxylic acids is 1. The summed E-state index contributed by atoms with van der Waals surface area (Å²) < 4.78 is 13.6. The van der Waals surface area contributed by atoms with Crippen molar-refractivity contribution >= 4 is 41.0 Å². The molecule has 1 atom stereocenters. The summed E-state index contributed by atoms with van der Waals surface area (Å²) in [4.78, 5) is 35.5. The maximum atomic E-state index is 13.6. The molecule has 0 aliphatic heterocycles. The Morgan fingerprint density at radius 1 is 1.30 bits per heavy atom. The van der Waals surface area contributed by atoms with Gasteiger partial charge >= 0.3 is 5.97 Å². The number of carbonyl (C=O) groups is 3. The number of rotatable bonds is 6. The molecule has 6 nitrogen and oxygen atoms in total. The van der Waals surface area contributed by atoms with Crippen LogP contribution in [0.4, 0.5) is 4.39 Å². The van der Waals surface area contributed by atoms with Gasteiger partial charge in [0.2, 0.25) is 5.91 Å². The van der Waals surface area contributed by atoms with E-state index in [0.717, 1.165) is 17.0 Å². The van der Waals surface area contributed by atoms with Crippen LogP contribution in [0.5, 0.6) is 0 Å². The molecule has 0 radical (unpaired) electrons. The van der Waals surface area contributed by atoms with E-state index in [1.807, 2.05) is 0 Å². The molecule has 9 heteroatoms. The predicted octanol–water partition coefficient (Wildman–Crippen LogP) is 2.18. The number of nitrogens with zero attached hydrogens (tertiary/aromatic N) is 1. The number of aliphatic carboxylic acids is 1. The molecule has 1 rings (SSSR count). The summed E-state index contributed by atoms with van der Waals surface area (Å²) in [6, 6.07) is 0.738. The molecule has 126 valence electrons. The highest BCUT2D eigenvalue weighted by molar-refractivity contribution is 6.36. The topological polar surface area (TPSA) is 86.7 Å². The Labute approximate surface area is 142 Å². The fourth-order valence-electron chi connectivity index (χ4n) is 1.80. The molecule has 0 aliphatic rings. The van der Waals surface area contributed by atoms with Crippen molar-refractivity contribution < 1.29 is 23.9 Å². The molecule has 1 unspecified atom stereocenters. The van der Waals surface area contributed by atoms with E-state index >= 15 is 0 Å². The van der Waals surface area contributed by atoms with Crippen LogP contribution >= 0.6 is 23.2 Å². The summed E-state index contributed by atoms with van der Waals surface area (Å²) in [6.45, 7) is 2.56. The molecule has 23 heavy (non-hydrogen) atoms. The summed E-state index contributed by atoms with van der Waals surface area (Å²) in [5, 5.41) is 11.2. The van der Waals surface area contributed by atoms with Crippen LogP contribution in [0.1, 0.15) is 24.2 Å². The molecule has 0 saturated carbocycles. The second-order valence-corrected chi connectivity index (χ2v) is 5.56. The van der Waals surface area contributed by atoms with E-state index in [1.54, 1.807) is 0 Å². The van der Waals surface area contributed by atoms with E-state index in [-0.39, 0.29) is 34.6 Å². The van der Waals surface area contributed by atoms with E-state index in [9.17, 15) is 18.8 Å². The van der Waals surface area contributed by atoms with Gasteiger partial charge in [0.25, 0.3) is 5.91 Å². The molecule has 2 amide bonds. The molecular weight excluding hydrogens is 350 g/mol. The van der Waals surface area contributed by atoms with Gasteiger partial charge in [0.15, 0.2) is 0 Å². The van der Waals surface area contributed by atoms with Crippen molar-refractivity contribution in [1.29, 1.82) is 0 Å². The van der Waals surface area contributed by atoms with E-state index in [4.69, 9.17) is 28.3 Å². The van der Waals surface area contributed by atoms with Crippen LogP contribution in [0.2, 0.25) is 10.0 Å². The van der Waals surface area contributed by atoms with Crippen LogP contribution < -0.4 is 5.32 Å². The lowest BCUT2D eigenvalue weighted by molar-refractivity contribution is -0.141. The van der Waals surface area contributed by atoms with Crippen LogP contribution in [-0.2, 0) is 9.59 Å². The lowest BCUT2D eigenvalue weighted by Gasteiger charge is -2.27. The number of amides is 2. The summed E-state index contributed by atoms with van der Waals surface area (Å²) in [5.41, 5.74) is -0.204. The minimum Gasteiger partial charge on any atom is -0.480 e. The highest BCUT2D eigenvalue weighted by atomic mass is 35.5. The number of halogens is 3. The van der Waals surface area contributed by atoms with E-state index in [2.05, 4.69) is 5.32 Å². The van der Waals surface area contributed by atoms with Crippen LogP contribution in [-0.4, -0.2) is 46.9 Å². The molecule has 1 aromatic rings. The van der Waals surface area contributed by atoms with E-state index < -0.39 is 23.7 Å². The van der Waals surface area contributed by atoms with Crippen molar-refractivity contribution in [1.82, 2.24) is 10.2 Å². The smallest absolute Gasteiger partial charge is 0.326 e. The number of hydrogen-bond donors (Lipinski definition) is 2. The van der Waals surface area contributed by atoms with Gasteiger partial charge in [-0.05, 0) is 19.1 Å². The van der Waals surface area contributed by atoms with Crippen molar-refractivity contribution in [2.75, 3.05) is 13.1 Å². The van der Waals surface area contributed by atoms with Crippen LogP contribution in [0.15, 0.2) is 12.1 Å². The molecule has 0 saturated heterocycles. The minimum atomic E-state index is -1.24. The van der Waals surface area contributed by atoms with Gasteiger partial charge in [-0.2, -0.15) is 0 Å². The second kappa shape index (κ2) is 8.12. The van der Waals surface area contributed by atoms with E-state index in [1.165, 1.54) is 13.8 Å². The Bertz CT molecular complexity index is 639. The number of hydrogen-bond acceptors (Lipinski definition) is 3. The predicted molar refractivity (Wildman–Crippen MR) is 83.2 cm³/mol. The van der Waals surface area contributed by atoms with Crippen molar-refractivity contribution in [2.24, 2.45) is 0 Å². The molecule has 0 fully saturated rings. The van der Waals surface area contributed by atoms with Gasteiger partial charge in [-0.3, -0.25) is 9.59 Å². The van der Waals surface area contributed by atoms with Gasteiger partial charge in [0, 0.05) is 20.0 Å². The molecule has 1 aromatic carbocycles. The van der Waals surface area contributed by atoms with Crippen LogP contribution in [0.25, 0.3) is 0 Å². The number of carbonyl (C=O) groups excluding carboxylic acids is 2. The fraction of sp³-hybridized carbons (Fsp3) is 0.357. The number of nitrogens with one attached hydrogen (secondary N) is 1. The van der Waals surface area contributed by atoms with Crippen LogP contribution in [0, 0.1) is 5.82 Å². The van der Waals surface area contributed by atoms with Gasteiger partial charge < -0.3 is 15.3 Å². The summed E-state index contributed by atoms with van der Waals surface area (Å²) in [7, 11) is 0. The molecule has 2 N–H and O–H groups in total. The fourth-order valence-corrected chi connectivity index (χ4v) is 2.26. The maximum absolute atomic E-state index is 13.6. The van der Waals surface area contributed by atoms with Gasteiger partial charge in [0.05, 0.1) is 15.6 Å². The largest absolute Gasteiger partial charge is 0.480 e. The Hall–Kier alpha value is -1.86. The van der Waals surface area contributed by atoms with Crippen molar-refractivity contribution in [2.45, 2.75) is 19.9 Å². The molecule has 0 bridgehead atoms. The lowest BCUT2D eigenvalue weighted by Crippen LogP contribution is -2.46. The first-order chi connectivity index (χ1) is 10.6. The summed E-state index contributed by atoms with van der Waals surface area (Å²) >= 11 is 11.5. The minimum absolute atomic E-state index is 0.0480. The van der Waals surface area contributed by atoms with Gasteiger partial charge in [-0.1, -0.05) is 23.2 Å². The zero-order valence-corrected chi connectivity index (χ0v) is 13.9. The lowest BCUT2D eigenvalue weighted by atomic mass is 10.1. The maximum Gasteiger partial charge on any atom is 0.326 e. The van der Waals surface area contributed by atoms with Gasteiger partial charge in [0.1, 0.15) is 11.9 Å². The molecular formula is C14H15Cl2FN2O4. The van der Waals surface area contributed by atoms with Crippen molar-refractivity contribution in [3.8, 4) is 0 Å². The Balaban J connectivity index is 3.10. The SMILES string of the molecule is CC(=O)NCCN(C(=O)c1cc(F)c(Cl)cc1Cl)C(C)C(=O)O. The van der Waals surface area contributed by atoms with Crippen LogP contribution in [0.3, 0.4) is 0 Å². The molecule has 0 aromatic heterocycles. The van der Waals surface area contributed by atoms with Crippen molar-refractivity contribution in [3.05, 3.63) is 33.6 Å². The third-order valence-corrected chi connectivity index (χ3v) is 3.66. The monoisotopic (exact) mass is 364 g/mol. The standard InChI is InChI=1S/C14H15Cl2FN2O4/c1-7(14(22)23)19(4-3-18-8(2)20)13(21)9-5-12(17)11(16)6-10(9)15/h5-7H,3-4H2,1-2H3,(H,18,20)(H,22,23). The Morgan fingerprint density at radius 3 is 2.43 bits per heavy atom. The third kappa shape index (κ3) is 5.07. The average Bonchev–Trinajstić information content (AvgIpc) is 2.45. The zero-order valence-electron chi connectivity index (χ0n) is 12.4.